The average molecular weight is 348 g/mol. The molecule has 1 saturated carbocycles. The number of hydrogen-bond acceptors (Lipinski definition) is 4. The number of carbonyl (C=O) groups is 1. The van der Waals surface area contributed by atoms with Crippen LogP contribution in [0.5, 0.6) is 0 Å². The van der Waals surface area contributed by atoms with Gasteiger partial charge in [-0.2, -0.15) is 0 Å². The minimum absolute atomic E-state index is 0.0102. The molecule has 1 aliphatic carbocycles. The van der Waals surface area contributed by atoms with Crippen molar-refractivity contribution in [2.24, 2.45) is 5.92 Å². The summed E-state index contributed by atoms with van der Waals surface area (Å²) in [5, 5.41) is 9.40. The summed E-state index contributed by atoms with van der Waals surface area (Å²) in [6.45, 7) is 3.50. The lowest BCUT2D eigenvalue weighted by molar-refractivity contribution is -0.144. The fraction of sp³-hybridized carbons (Fsp3) is 0.632. The third-order valence-corrected chi connectivity index (χ3v) is 5.78. The van der Waals surface area contributed by atoms with Crippen molar-refractivity contribution in [2.75, 3.05) is 26.2 Å². The molecule has 136 valence electrons. The molecule has 3 aliphatic rings. The van der Waals surface area contributed by atoms with Gasteiger partial charge in [0, 0.05) is 43.7 Å². The summed E-state index contributed by atoms with van der Waals surface area (Å²) in [5.74, 6) is -0.0191. The van der Waals surface area contributed by atoms with E-state index in [0.717, 1.165) is 32.6 Å². The fourth-order valence-corrected chi connectivity index (χ4v) is 4.19. The number of aliphatic hydroxyl groups excluding tert-OH is 1. The van der Waals surface area contributed by atoms with Crippen LogP contribution in [-0.2, 0) is 16.1 Å². The van der Waals surface area contributed by atoms with Crippen LogP contribution in [0.25, 0.3) is 0 Å². The molecule has 2 saturated heterocycles. The van der Waals surface area contributed by atoms with Gasteiger partial charge in [0.2, 0.25) is 5.91 Å². The second-order valence-electron chi connectivity index (χ2n) is 7.52. The molecule has 0 radical (unpaired) electrons. The van der Waals surface area contributed by atoms with Gasteiger partial charge in [0.05, 0.1) is 18.8 Å². The summed E-state index contributed by atoms with van der Waals surface area (Å²) in [7, 11) is 0. The van der Waals surface area contributed by atoms with Crippen LogP contribution in [0.2, 0.25) is 0 Å². The zero-order chi connectivity index (χ0) is 17.4. The fourth-order valence-electron chi connectivity index (χ4n) is 4.19. The number of carbonyl (C=O) groups excluding carboxylic acids is 1. The Morgan fingerprint density at radius 1 is 1.20 bits per heavy atom. The number of hydrogen-bond donors (Lipinski definition) is 1. The maximum absolute atomic E-state index is 13.7. The third-order valence-electron chi connectivity index (χ3n) is 5.78. The minimum Gasteiger partial charge on any atom is -0.393 e. The summed E-state index contributed by atoms with van der Waals surface area (Å²) in [4.78, 5) is 16.8. The minimum atomic E-state index is -0.294. The van der Waals surface area contributed by atoms with Crippen LogP contribution in [0.15, 0.2) is 24.3 Å². The van der Waals surface area contributed by atoms with Crippen molar-refractivity contribution >= 4 is 5.91 Å². The van der Waals surface area contributed by atoms with Crippen LogP contribution in [0, 0.1) is 11.7 Å². The molecule has 25 heavy (non-hydrogen) atoms. The monoisotopic (exact) mass is 348 g/mol. The van der Waals surface area contributed by atoms with Crippen LogP contribution >= 0.6 is 0 Å². The highest BCUT2D eigenvalue weighted by atomic mass is 19.1. The Hall–Kier alpha value is -1.50. The molecule has 1 aromatic rings. The Morgan fingerprint density at radius 2 is 2.00 bits per heavy atom. The van der Waals surface area contributed by atoms with Crippen LogP contribution in [0.3, 0.4) is 0 Å². The first-order valence-electron chi connectivity index (χ1n) is 9.16. The van der Waals surface area contributed by atoms with Crippen molar-refractivity contribution < 1.29 is 19.0 Å². The van der Waals surface area contributed by atoms with E-state index in [-0.39, 0.29) is 29.9 Å². The predicted octanol–water partition coefficient (Wildman–Crippen LogP) is 1.40. The van der Waals surface area contributed by atoms with Gasteiger partial charge in [-0.15, -0.1) is 0 Å². The van der Waals surface area contributed by atoms with Gasteiger partial charge in [-0.3, -0.25) is 9.69 Å². The van der Waals surface area contributed by atoms with E-state index < -0.39 is 0 Å². The SMILES string of the molecule is O=C(C1CC(O)C1)N1CCN2C[C@H](OCc3ccccc3F)C[C@H]2C1. The largest absolute Gasteiger partial charge is 0.393 e. The number of fused-ring (bicyclic) bond motifs is 1. The number of benzene rings is 1. The number of ether oxygens (including phenoxy) is 1. The summed E-state index contributed by atoms with van der Waals surface area (Å²) in [6.07, 6.45) is 1.89. The zero-order valence-corrected chi connectivity index (χ0v) is 14.3. The van der Waals surface area contributed by atoms with E-state index in [1.165, 1.54) is 6.07 Å². The lowest BCUT2D eigenvalue weighted by Gasteiger charge is -2.41. The van der Waals surface area contributed by atoms with Gasteiger partial charge >= 0.3 is 0 Å². The summed E-state index contributed by atoms with van der Waals surface area (Å²) >= 11 is 0. The summed E-state index contributed by atoms with van der Waals surface area (Å²) in [6, 6.07) is 7.04. The molecule has 2 aliphatic heterocycles. The maximum atomic E-state index is 13.7. The molecule has 1 amide bonds. The molecule has 0 spiro atoms. The molecular formula is C19H25FN2O3. The van der Waals surface area contributed by atoms with Gasteiger partial charge in [-0.25, -0.2) is 4.39 Å². The first-order valence-corrected chi connectivity index (χ1v) is 9.16. The number of rotatable bonds is 4. The molecule has 3 fully saturated rings. The molecule has 0 aromatic heterocycles. The van der Waals surface area contributed by atoms with Crippen LogP contribution < -0.4 is 0 Å². The lowest BCUT2D eigenvalue weighted by Crippen LogP contribution is -2.55. The molecule has 2 atom stereocenters. The number of amides is 1. The van der Waals surface area contributed by atoms with E-state index in [4.69, 9.17) is 4.74 Å². The first kappa shape index (κ1) is 16.9. The maximum Gasteiger partial charge on any atom is 0.225 e. The number of halogens is 1. The van der Waals surface area contributed by atoms with E-state index in [9.17, 15) is 14.3 Å². The Morgan fingerprint density at radius 3 is 2.76 bits per heavy atom. The van der Waals surface area contributed by atoms with Crippen molar-refractivity contribution in [3.05, 3.63) is 35.6 Å². The topological polar surface area (TPSA) is 53.0 Å². The Bertz CT molecular complexity index is 635. The second kappa shape index (κ2) is 7.02. The number of piperazine rings is 1. The standard InChI is InChI=1S/C19H25FN2O3/c20-18-4-2-1-3-13(18)12-25-17-9-15-10-22(6-5-21(15)11-17)19(24)14-7-16(23)8-14/h1-4,14-17,23H,5-12H2/t14?,15-,16?,17+/m0/s1. The molecule has 0 unspecified atom stereocenters. The molecule has 2 heterocycles. The molecule has 0 bridgehead atoms. The quantitative estimate of drug-likeness (QED) is 0.894. The van der Waals surface area contributed by atoms with Gasteiger partial charge in [0.15, 0.2) is 0 Å². The highest BCUT2D eigenvalue weighted by Crippen LogP contribution is 2.31. The second-order valence-corrected chi connectivity index (χ2v) is 7.52. The summed E-state index contributed by atoms with van der Waals surface area (Å²) < 4.78 is 19.6. The molecule has 6 heteroatoms. The highest BCUT2D eigenvalue weighted by molar-refractivity contribution is 5.80. The van der Waals surface area contributed by atoms with Crippen molar-refractivity contribution in [3.8, 4) is 0 Å². The van der Waals surface area contributed by atoms with Gasteiger partial charge in [0.1, 0.15) is 5.82 Å². The van der Waals surface area contributed by atoms with Crippen molar-refractivity contribution in [3.63, 3.8) is 0 Å². The van der Waals surface area contributed by atoms with Gasteiger partial charge in [-0.1, -0.05) is 18.2 Å². The Kier molecular flexibility index (Phi) is 4.75. The zero-order valence-electron chi connectivity index (χ0n) is 14.3. The number of nitrogens with zero attached hydrogens (tertiary/aromatic N) is 2. The third kappa shape index (κ3) is 3.57. The van der Waals surface area contributed by atoms with E-state index in [2.05, 4.69) is 4.90 Å². The molecule has 1 N–H and O–H groups in total. The van der Waals surface area contributed by atoms with Crippen LogP contribution in [0.1, 0.15) is 24.8 Å². The van der Waals surface area contributed by atoms with E-state index in [0.29, 0.717) is 31.1 Å². The Labute approximate surface area is 147 Å². The van der Waals surface area contributed by atoms with E-state index in [1.54, 1.807) is 12.1 Å². The van der Waals surface area contributed by atoms with Crippen molar-refractivity contribution in [2.45, 2.75) is 44.1 Å². The van der Waals surface area contributed by atoms with E-state index in [1.807, 2.05) is 11.0 Å². The molecule has 1 aromatic carbocycles. The molecule has 5 nitrogen and oxygen atoms in total. The smallest absolute Gasteiger partial charge is 0.225 e. The molecule has 4 rings (SSSR count). The van der Waals surface area contributed by atoms with Crippen LogP contribution in [-0.4, -0.2) is 65.2 Å². The van der Waals surface area contributed by atoms with Crippen molar-refractivity contribution in [1.82, 2.24) is 9.80 Å². The average Bonchev–Trinajstić information content (AvgIpc) is 2.99. The normalized spacial score (nSPS) is 32.3. The Balaban J connectivity index is 1.28. The lowest BCUT2D eigenvalue weighted by atomic mass is 9.81. The highest BCUT2D eigenvalue weighted by Gasteiger charge is 2.41. The van der Waals surface area contributed by atoms with Gasteiger partial charge in [0.25, 0.3) is 0 Å². The summed E-state index contributed by atoms with van der Waals surface area (Å²) in [5.41, 5.74) is 0.590. The van der Waals surface area contributed by atoms with E-state index >= 15 is 0 Å². The van der Waals surface area contributed by atoms with Gasteiger partial charge < -0.3 is 14.7 Å². The predicted molar refractivity (Wildman–Crippen MR) is 90.3 cm³/mol. The van der Waals surface area contributed by atoms with Crippen molar-refractivity contribution in [1.29, 1.82) is 0 Å². The number of aliphatic hydroxyl groups is 1. The molecular weight excluding hydrogens is 323 g/mol. The van der Waals surface area contributed by atoms with Gasteiger partial charge in [-0.05, 0) is 25.3 Å². The van der Waals surface area contributed by atoms with Crippen LogP contribution in [0.4, 0.5) is 4.39 Å². The first-order chi connectivity index (χ1) is 12.1.